The molecule has 1 aliphatic carbocycles. The maximum absolute atomic E-state index is 12.3. The van der Waals surface area contributed by atoms with E-state index in [1.165, 1.54) is 0 Å². The Morgan fingerprint density at radius 2 is 2.10 bits per heavy atom. The van der Waals surface area contributed by atoms with Gasteiger partial charge < -0.3 is 10.0 Å². The molecule has 0 saturated heterocycles. The van der Waals surface area contributed by atoms with Crippen LogP contribution in [0.15, 0.2) is 10.3 Å². The highest BCUT2D eigenvalue weighted by Crippen LogP contribution is 2.36. The van der Waals surface area contributed by atoms with Gasteiger partial charge in [0.2, 0.25) is 10.0 Å². The number of aryl methyl sites for hydroxylation is 1. The number of hydrogen-bond donors (Lipinski definition) is 2. The summed E-state index contributed by atoms with van der Waals surface area (Å²) in [6.45, 7) is 2.13. The summed E-state index contributed by atoms with van der Waals surface area (Å²) in [6, 6.07) is 1.63. The number of aliphatic hydroxyl groups excluding tert-OH is 1. The van der Waals surface area contributed by atoms with E-state index in [9.17, 15) is 8.42 Å². The van der Waals surface area contributed by atoms with E-state index in [4.69, 9.17) is 5.11 Å². The second kappa shape index (κ2) is 5.73. The number of nitrogens with zero attached hydrogens (tertiary/aromatic N) is 1. The monoisotopic (exact) mass is 318 g/mol. The molecule has 0 radical (unpaired) electrons. The molecule has 0 aromatic carbocycles. The van der Waals surface area contributed by atoms with Crippen LogP contribution in [0, 0.1) is 6.92 Å². The highest BCUT2D eigenvalue weighted by molar-refractivity contribution is 7.91. The summed E-state index contributed by atoms with van der Waals surface area (Å²) in [7, 11) is 0.501. The Labute approximate surface area is 124 Å². The van der Waals surface area contributed by atoms with Crippen molar-refractivity contribution in [2.45, 2.75) is 42.5 Å². The first-order chi connectivity index (χ1) is 9.31. The Bertz CT molecular complexity index is 574. The van der Waals surface area contributed by atoms with Gasteiger partial charge in [0, 0.05) is 17.0 Å². The molecule has 7 heteroatoms. The minimum atomic E-state index is -3.48. The summed E-state index contributed by atoms with van der Waals surface area (Å²) in [5, 5.41) is 9.17. The lowest BCUT2D eigenvalue weighted by Gasteiger charge is -2.47. The van der Waals surface area contributed by atoms with Crippen molar-refractivity contribution in [2.75, 3.05) is 20.6 Å². The summed E-state index contributed by atoms with van der Waals surface area (Å²) in [5.74, 6) is 0. The molecule has 2 rings (SSSR count). The molecule has 2 N–H and O–H groups in total. The normalized spacial score (nSPS) is 18.2. The van der Waals surface area contributed by atoms with E-state index in [1.54, 1.807) is 6.07 Å². The van der Waals surface area contributed by atoms with E-state index in [0.29, 0.717) is 11.4 Å². The van der Waals surface area contributed by atoms with Crippen LogP contribution in [-0.4, -0.2) is 44.6 Å². The van der Waals surface area contributed by atoms with Gasteiger partial charge in [-0.05, 0) is 51.9 Å². The standard InChI is InChI=1S/C13H22N2O3S2/c1-10-7-12(19-11(10)8-16)20(17,18)14-9-13(15(2)3)5-4-6-13/h7,14,16H,4-6,8-9H2,1-3H3. The first-order valence-electron chi connectivity index (χ1n) is 6.68. The zero-order chi connectivity index (χ0) is 15.0. The maximum Gasteiger partial charge on any atom is 0.250 e. The largest absolute Gasteiger partial charge is 0.391 e. The zero-order valence-electron chi connectivity index (χ0n) is 12.1. The number of likely N-dealkylation sites (N-methyl/N-ethyl adjacent to an activating group) is 1. The van der Waals surface area contributed by atoms with Crippen molar-refractivity contribution in [3.05, 3.63) is 16.5 Å². The number of hydrogen-bond acceptors (Lipinski definition) is 5. The molecule has 0 amide bonds. The van der Waals surface area contributed by atoms with Crippen molar-refractivity contribution in [3.8, 4) is 0 Å². The van der Waals surface area contributed by atoms with Gasteiger partial charge in [-0.3, -0.25) is 0 Å². The summed E-state index contributed by atoms with van der Waals surface area (Å²) < 4.78 is 27.7. The van der Waals surface area contributed by atoms with Crippen molar-refractivity contribution in [1.29, 1.82) is 0 Å². The first kappa shape index (κ1) is 15.9. The van der Waals surface area contributed by atoms with Crippen molar-refractivity contribution >= 4 is 21.4 Å². The van der Waals surface area contributed by atoms with Crippen molar-refractivity contribution in [2.24, 2.45) is 0 Å². The molecule has 20 heavy (non-hydrogen) atoms. The Hall–Kier alpha value is -0.470. The lowest BCUT2D eigenvalue weighted by atomic mass is 9.76. The lowest BCUT2D eigenvalue weighted by molar-refractivity contribution is 0.0657. The van der Waals surface area contributed by atoms with Gasteiger partial charge in [0.05, 0.1) is 6.61 Å². The van der Waals surface area contributed by atoms with Gasteiger partial charge in [-0.15, -0.1) is 11.3 Å². The quantitative estimate of drug-likeness (QED) is 0.830. The minimum Gasteiger partial charge on any atom is -0.391 e. The second-order valence-corrected chi connectivity index (χ2v) is 8.76. The highest BCUT2D eigenvalue weighted by Gasteiger charge is 2.40. The molecule has 0 atom stereocenters. The molecular weight excluding hydrogens is 296 g/mol. The fourth-order valence-corrected chi connectivity index (χ4v) is 5.06. The van der Waals surface area contributed by atoms with Gasteiger partial charge in [-0.1, -0.05) is 0 Å². The van der Waals surface area contributed by atoms with Crippen LogP contribution in [0.2, 0.25) is 0 Å². The van der Waals surface area contributed by atoms with Gasteiger partial charge in [-0.25, -0.2) is 13.1 Å². The Morgan fingerprint density at radius 3 is 2.50 bits per heavy atom. The molecule has 1 aliphatic rings. The van der Waals surface area contributed by atoms with Crippen LogP contribution >= 0.6 is 11.3 Å². The van der Waals surface area contributed by atoms with Gasteiger partial charge in [-0.2, -0.15) is 0 Å². The van der Waals surface area contributed by atoms with Crippen LogP contribution in [0.4, 0.5) is 0 Å². The molecule has 1 aromatic heterocycles. The van der Waals surface area contributed by atoms with Gasteiger partial charge in [0.15, 0.2) is 0 Å². The SMILES string of the molecule is Cc1cc(S(=O)(=O)NCC2(N(C)C)CCC2)sc1CO. The maximum atomic E-state index is 12.3. The second-order valence-electron chi connectivity index (χ2n) is 5.63. The van der Waals surface area contributed by atoms with Gasteiger partial charge >= 0.3 is 0 Å². The van der Waals surface area contributed by atoms with E-state index >= 15 is 0 Å². The van der Waals surface area contributed by atoms with Crippen molar-refractivity contribution in [3.63, 3.8) is 0 Å². The van der Waals surface area contributed by atoms with Gasteiger partial charge in [0.1, 0.15) is 4.21 Å². The van der Waals surface area contributed by atoms with Crippen LogP contribution in [0.5, 0.6) is 0 Å². The number of sulfonamides is 1. The average molecular weight is 318 g/mol. The van der Waals surface area contributed by atoms with Crippen molar-refractivity contribution < 1.29 is 13.5 Å². The number of thiophene rings is 1. The van der Waals surface area contributed by atoms with E-state index in [2.05, 4.69) is 9.62 Å². The number of nitrogens with one attached hydrogen (secondary N) is 1. The third kappa shape index (κ3) is 2.92. The molecule has 0 unspecified atom stereocenters. The van der Waals surface area contributed by atoms with Crippen LogP contribution < -0.4 is 4.72 Å². The number of aliphatic hydroxyl groups is 1. The molecule has 1 heterocycles. The molecule has 1 fully saturated rings. The minimum absolute atomic E-state index is 0.0425. The molecule has 1 saturated carbocycles. The third-order valence-corrected chi connectivity index (χ3v) is 7.33. The molecule has 0 aliphatic heterocycles. The molecule has 0 spiro atoms. The molecule has 5 nitrogen and oxygen atoms in total. The topological polar surface area (TPSA) is 69.6 Å². The number of rotatable bonds is 6. The zero-order valence-corrected chi connectivity index (χ0v) is 13.8. The van der Waals surface area contributed by atoms with E-state index < -0.39 is 10.0 Å². The van der Waals surface area contributed by atoms with Crippen molar-refractivity contribution in [1.82, 2.24) is 9.62 Å². The molecular formula is C13H22N2O3S2. The summed E-state index contributed by atoms with van der Waals surface area (Å²) in [6.07, 6.45) is 3.19. The summed E-state index contributed by atoms with van der Waals surface area (Å²) >= 11 is 1.14. The summed E-state index contributed by atoms with van der Waals surface area (Å²) in [4.78, 5) is 2.81. The highest BCUT2D eigenvalue weighted by atomic mass is 32.2. The van der Waals surface area contributed by atoms with Crippen LogP contribution in [0.1, 0.15) is 29.7 Å². The van der Waals surface area contributed by atoms with E-state index in [-0.39, 0.29) is 16.4 Å². The third-order valence-electron chi connectivity index (χ3n) is 4.23. The van der Waals surface area contributed by atoms with E-state index in [0.717, 1.165) is 36.2 Å². The smallest absolute Gasteiger partial charge is 0.250 e. The summed E-state index contributed by atoms with van der Waals surface area (Å²) in [5.41, 5.74) is 0.781. The van der Waals surface area contributed by atoms with Crippen LogP contribution in [-0.2, 0) is 16.6 Å². The van der Waals surface area contributed by atoms with Crippen LogP contribution in [0.3, 0.4) is 0 Å². The fraction of sp³-hybridized carbons (Fsp3) is 0.692. The van der Waals surface area contributed by atoms with Gasteiger partial charge in [0.25, 0.3) is 0 Å². The van der Waals surface area contributed by atoms with E-state index in [1.807, 2.05) is 21.0 Å². The molecule has 114 valence electrons. The molecule has 0 bridgehead atoms. The predicted octanol–water partition coefficient (Wildman–Crippen LogP) is 1.31. The Balaban J connectivity index is 2.11. The fourth-order valence-electron chi connectivity index (χ4n) is 2.45. The van der Waals surface area contributed by atoms with Crippen LogP contribution in [0.25, 0.3) is 0 Å². The molecule has 1 aromatic rings. The lowest BCUT2D eigenvalue weighted by Crippen LogP contribution is -2.57. The predicted molar refractivity (Wildman–Crippen MR) is 80.4 cm³/mol. The Morgan fingerprint density at radius 1 is 1.45 bits per heavy atom. The average Bonchev–Trinajstić information content (AvgIpc) is 2.69. The first-order valence-corrected chi connectivity index (χ1v) is 8.98. The Kier molecular flexibility index (Phi) is 4.56.